The second-order valence-corrected chi connectivity index (χ2v) is 2.78. The minimum absolute atomic E-state index is 0.320. The second-order valence-electron chi connectivity index (χ2n) is 2.78. The van der Waals surface area contributed by atoms with Crippen LogP contribution in [-0.4, -0.2) is 37.6 Å². The van der Waals surface area contributed by atoms with Crippen LogP contribution in [-0.2, 0) is 9.47 Å². The molecule has 1 aliphatic rings. The fraction of sp³-hybridized carbons (Fsp3) is 1.00. The Labute approximate surface area is 61.9 Å². The summed E-state index contributed by atoms with van der Waals surface area (Å²) in [6.45, 7) is 7.37. The van der Waals surface area contributed by atoms with E-state index in [1.54, 1.807) is 0 Å². The Morgan fingerprint density at radius 3 is 2.90 bits per heavy atom. The van der Waals surface area contributed by atoms with Gasteiger partial charge in [0, 0.05) is 6.54 Å². The van der Waals surface area contributed by atoms with Crippen LogP contribution in [0.5, 0.6) is 0 Å². The first kappa shape index (κ1) is 7.98. The fourth-order valence-corrected chi connectivity index (χ4v) is 0.808. The van der Waals surface area contributed by atoms with Crippen molar-refractivity contribution in [3.05, 3.63) is 0 Å². The van der Waals surface area contributed by atoms with Gasteiger partial charge in [0.25, 0.3) is 0 Å². The van der Waals surface area contributed by atoms with E-state index in [-0.39, 0.29) is 0 Å². The van der Waals surface area contributed by atoms with Gasteiger partial charge in [-0.15, -0.1) is 0 Å². The van der Waals surface area contributed by atoms with Crippen LogP contribution in [0.4, 0.5) is 0 Å². The van der Waals surface area contributed by atoms with Crippen molar-refractivity contribution >= 4 is 0 Å². The van der Waals surface area contributed by atoms with E-state index in [1.165, 1.54) is 0 Å². The van der Waals surface area contributed by atoms with Crippen molar-refractivity contribution in [3.8, 4) is 0 Å². The van der Waals surface area contributed by atoms with Gasteiger partial charge in [-0.25, -0.2) is 0 Å². The zero-order valence-electron chi connectivity index (χ0n) is 6.67. The molecule has 0 unspecified atom stereocenters. The Hall–Kier alpha value is -0.120. The van der Waals surface area contributed by atoms with Crippen molar-refractivity contribution in [3.63, 3.8) is 0 Å². The van der Waals surface area contributed by atoms with Gasteiger partial charge in [-0.3, -0.25) is 4.90 Å². The molecule has 0 aliphatic carbocycles. The summed E-state index contributed by atoms with van der Waals surface area (Å²) in [6, 6.07) is 0. The Morgan fingerprint density at radius 2 is 2.40 bits per heavy atom. The number of hydrogen-bond donors (Lipinski definition) is 0. The van der Waals surface area contributed by atoms with E-state index in [0.29, 0.717) is 12.8 Å². The third-order valence-corrected chi connectivity index (χ3v) is 1.42. The van der Waals surface area contributed by atoms with E-state index >= 15 is 0 Å². The molecule has 1 rings (SSSR count). The summed E-state index contributed by atoms with van der Waals surface area (Å²) in [6.07, 6.45) is 0.320. The summed E-state index contributed by atoms with van der Waals surface area (Å²) >= 11 is 0. The maximum absolute atomic E-state index is 5.37. The number of rotatable bonds is 3. The SMILES string of the molecule is CC(C)OCN1CCOC1. The van der Waals surface area contributed by atoms with Gasteiger partial charge in [0.1, 0.15) is 13.5 Å². The minimum Gasteiger partial charge on any atom is -0.365 e. The van der Waals surface area contributed by atoms with Crippen molar-refractivity contribution in [2.24, 2.45) is 0 Å². The van der Waals surface area contributed by atoms with Gasteiger partial charge in [-0.2, -0.15) is 0 Å². The van der Waals surface area contributed by atoms with Crippen LogP contribution in [0, 0.1) is 0 Å². The molecule has 0 N–H and O–H groups in total. The monoisotopic (exact) mass is 145 g/mol. The smallest absolute Gasteiger partial charge is 0.101 e. The van der Waals surface area contributed by atoms with E-state index in [9.17, 15) is 0 Å². The molecular formula is C7H15NO2. The quantitative estimate of drug-likeness (QED) is 0.582. The summed E-state index contributed by atoms with van der Waals surface area (Å²) in [5, 5.41) is 0. The van der Waals surface area contributed by atoms with Crippen molar-refractivity contribution < 1.29 is 9.47 Å². The fourth-order valence-electron chi connectivity index (χ4n) is 0.808. The highest BCUT2D eigenvalue weighted by atomic mass is 16.5. The van der Waals surface area contributed by atoms with Gasteiger partial charge in [0.05, 0.1) is 12.7 Å². The molecule has 60 valence electrons. The molecule has 1 heterocycles. The molecular weight excluding hydrogens is 130 g/mol. The average molecular weight is 145 g/mol. The van der Waals surface area contributed by atoms with E-state index in [0.717, 1.165) is 19.9 Å². The normalized spacial score (nSPS) is 20.7. The lowest BCUT2D eigenvalue weighted by molar-refractivity contribution is -0.0138. The molecule has 3 heteroatoms. The first-order valence-electron chi connectivity index (χ1n) is 3.71. The maximum atomic E-state index is 5.37. The molecule has 0 aromatic heterocycles. The summed E-state index contributed by atoms with van der Waals surface area (Å²) in [5.74, 6) is 0. The van der Waals surface area contributed by atoms with Crippen LogP contribution in [0.25, 0.3) is 0 Å². The zero-order chi connectivity index (χ0) is 7.40. The molecule has 3 nitrogen and oxygen atoms in total. The van der Waals surface area contributed by atoms with E-state index < -0.39 is 0 Å². The van der Waals surface area contributed by atoms with Gasteiger partial charge >= 0.3 is 0 Å². The van der Waals surface area contributed by atoms with Gasteiger partial charge in [0.2, 0.25) is 0 Å². The Kier molecular flexibility index (Phi) is 3.12. The molecule has 0 saturated carbocycles. The molecule has 0 amide bonds. The van der Waals surface area contributed by atoms with Crippen molar-refractivity contribution in [2.75, 3.05) is 26.6 Å². The van der Waals surface area contributed by atoms with E-state index in [4.69, 9.17) is 9.47 Å². The van der Waals surface area contributed by atoms with Gasteiger partial charge in [-0.05, 0) is 13.8 Å². The molecule has 1 saturated heterocycles. The van der Waals surface area contributed by atoms with Crippen LogP contribution in [0.1, 0.15) is 13.8 Å². The van der Waals surface area contributed by atoms with Crippen LogP contribution >= 0.6 is 0 Å². The highest BCUT2D eigenvalue weighted by Gasteiger charge is 2.11. The third kappa shape index (κ3) is 2.64. The maximum Gasteiger partial charge on any atom is 0.101 e. The molecule has 0 atom stereocenters. The van der Waals surface area contributed by atoms with Gasteiger partial charge in [0.15, 0.2) is 0 Å². The lowest BCUT2D eigenvalue weighted by Crippen LogP contribution is -2.25. The summed E-state index contributed by atoms with van der Waals surface area (Å²) in [7, 11) is 0. The van der Waals surface area contributed by atoms with E-state index in [1.807, 2.05) is 13.8 Å². The van der Waals surface area contributed by atoms with Crippen molar-refractivity contribution in [1.82, 2.24) is 4.90 Å². The number of ether oxygens (including phenoxy) is 2. The predicted molar refractivity (Wildman–Crippen MR) is 38.6 cm³/mol. The number of nitrogens with zero attached hydrogens (tertiary/aromatic N) is 1. The molecule has 10 heavy (non-hydrogen) atoms. The molecule has 1 fully saturated rings. The van der Waals surface area contributed by atoms with Crippen LogP contribution in [0.15, 0.2) is 0 Å². The second kappa shape index (κ2) is 3.91. The highest BCUT2D eigenvalue weighted by molar-refractivity contribution is 4.53. The van der Waals surface area contributed by atoms with Crippen LogP contribution in [0.2, 0.25) is 0 Å². The lowest BCUT2D eigenvalue weighted by Gasteiger charge is -2.14. The molecule has 1 aliphatic heterocycles. The first-order chi connectivity index (χ1) is 4.79. The summed E-state index contributed by atoms with van der Waals surface area (Å²) < 4.78 is 10.5. The topological polar surface area (TPSA) is 21.7 Å². The van der Waals surface area contributed by atoms with Crippen LogP contribution < -0.4 is 0 Å². The molecule has 0 aromatic rings. The largest absolute Gasteiger partial charge is 0.365 e. The summed E-state index contributed by atoms with van der Waals surface area (Å²) in [5.41, 5.74) is 0. The summed E-state index contributed by atoms with van der Waals surface area (Å²) in [4.78, 5) is 2.14. The Morgan fingerprint density at radius 1 is 1.60 bits per heavy atom. The lowest BCUT2D eigenvalue weighted by atomic mass is 10.5. The predicted octanol–water partition coefficient (Wildman–Crippen LogP) is 0.659. The minimum atomic E-state index is 0.320. The molecule has 0 radical (unpaired) electrons. The Bertz CT molecular complexity index is 89.6. The van der Waals surface area contributed by atoms with Gasteiger partial charge in [-0.1, -0.05) is 0 Å². The first-order valence-corrected chi connectivity index (χ1v) is 3.71. The molecule has 0 bridgehead atoms. The zero-order valence-corrected chi connectivity index (χ0v) is 6.67. The average Bonchev–Trinajstić information content (AvgIpc) is 2.34. The standard InChI is InChI=1S/C7H15NO2/c1-7(2)10-6-8-3-4-9-5-8/h7H,3-6H2,1-2H3. The highest BCUT2D eigenvalue weighted by Crippen LogP contribution is 1.99. The van der Waals surface area contributed by atoms with E-state index in [2.05, 4.69) is 4.90 Å². The van der Waals surface area contributed by atoms with Gasteiger partial charge < -0.3 is 9.47 Å². The van der Waals surface area contributed by atoms with Crippen molar-refractivity contribution in [1.29, 1.82) is 0 Å². The van der Waals surface area contributed by atoms with Crippen molar-refractivity contribution in [2.45, 2.75) is 20.0 Å². The third-order valence-electron chi connectivity index (χ3n) is 1.42. The van der Waals surface area contributed by atoms with Crippen LogP contribution in [0.3, 0.4) is 0 Å². The number of hydrogen-bond acceptors (Lipinski definition) is 3. The molecule has 0 aromatic carbocycles. The molecule has 0 spiro atoms. The Balaban J connectivity index is 2.01.